The van der Waals surface area contributed by atoms with Gasteiger partial charge in [-0.25, -0.2) is 4.98 Å². The van der Waals surface area contributed by atoms with Crippen LogP contribution < -0.4 is 4.90 Å². The van der Waals surface area contributed by atoms with Gasteiger partial charge < -0.3 is 4.90 Å². The third-order valence-electron chi connectivity index (χ3n) is 3.82. The summed E-state index contributed by atoms with van der Waals surface area (Å²) in [5.74, 6) is -0.0692. The van der Waals surface area contributed by atoms with Crippen LogP contribution in [0.5, 0.6) is 0 Å². The van der Waals surface area contributed by atoms with Crippen LogP contribution in [0, 0.1) is 0 Å². The van der Waals surface area contributed by atoms with Gasteiger partial charge in [0.15, 0.2) is 5.13 Å². The Morgan fingerprint density at radius 2 is 1.88 bits per heavy atom. The monoisotopic (exact) mass is 409 g/mol. The zero-order chi connectivity index (χ0) is 17.8. The molecule has 7 heteroatoms. The number of carbonyl (C=O) groups is 1. The number of rotatable bonds is 6. The standard InChI is InChI=1S/C19H20ClN3OS.ClH/c1-22(2)11-6-12-23(18(24)14-7-5-8-15(20)13-14)19-21-16-9-3-4-10-17(16)25-19;/h3-5,7-10,13H,6,11-12H2,1-2H3;1H. The molecule has 0 spiro atoms. The number of amides is 1. The highest BCUT2D eigenvalue weighted by molar-refractivity contribution is 7.22. The number of thiazole rings is 1. The van der Waals surface area contributed by atoms with Gasteiger partial charge in [-0.1, -0.05) is 41.1 Å². The van der Waals surface area contributed by atoms with Gasteiger partial charge in [-0.15, -0.1) is 12.4 Å². The predicted molar refractivity (Wildman–Crippen MR) is 113 cm³/mol. The molecule has 0 saturated carbocycles. The number of carbonyl (C=O) groups excluding carboxylic acids is 1. The molecule has 0 N–H and O–H groups in total. The van der Waals surface area contributed by atoms with Gasteiger partial charge in [-0.3, -0.25) is 9.69 Å². The molecule has 3 rings (SSSR count). The molecule has 26 heavy (non-hydrogen) atoms. The van der Waals surface area contributed by atoms with Crippen molar-refractivity contribution in [3.63, 3.8) is 0 Å². The fourth-order valence-electron chi connectivity index (χ4n) is 2.58. The molecular weight excluding hydrogens is 389 g/mol. The van der Waals surface area contributed by atoms with E-state index >= 15 is 0 Å². The molecular formula is C19H21Cl2N3OS. The molecule has 4 nitrogen and oxygen atoms in total. The summed E-state index contributed by atoms with van der Waals surface area (Å²) in [6, 6.07) is 15.0. The Kier molecular flexibility index (Phi) is 7.41. The summed E-state index contributed by atoms with van der Waals surface area (Å²) in [5, 5.41) is 1.29. The maximum atomic E-state index is 13.1. The summed E-state index contributed by atoms with van der Waals surface area (Å²) in [6.45, 7) is 1.52. The van der Waals surface area contributed by atoms with Gasteiger partial charge in [0.1, 0.15) is 0 Å². The number of fused-ring (bicyclic) bond motifs is 1. The number of aromatic nitrogens is 1. The summed E-state index contributed by atoms with van der Waals surface area (Å²) >= 11 is 7.60. The Balaban J connectivity index is 0.00000243. The van der Waals surface area contributed by atoms with Crippen LogP contribution in [0.3, 0.4) is 0 Å². The molecule has 0 aliphatic heterocycles. The zero-order valence-electron chi connectivity index (χ0n) is 14.7. The van der Waals surface area contributed by atoms with Crippen molar-refractivity contribution < 1.29 is 4.79 Å². The lowest BCUT2D eigenvalue weighted by molar-refractivity contribution is 0.0986. The van der Waals surface area contributed by atoms with Crippen molar-refractivity contribution in [1.82, 2.24) is 9.88 Å². The number of anilines is 1. The molecule has 0 saturated heterocycles. The highest BCUT2D eigenvalue weighted by atomic mass is 35.5. The summed E-state index contributed by atoms with van der Waals surface area (Å²) in [6.07, 6.45) is 0.870. The lowest BCUT2D eigenvalue weighted by Gasteiger charge is -2.21. The summed E-state index contributed by atoms with van der Waals surface area (Å²) in [7, 11) is 4.06. The fraction of sp³-hybridized carbons (Fsp3) is 0.263. The summed E-state index contributed by atoms with van der Waals surface area (Å²) < 4.78 is 1.08. The molecule has 1 heterocycles. The fourth-order valence-corrected chi connectivity index (χ4v) is 3.76. The van der Waals surface area contributed by atoms with E-state index in [1.54, 1.807) is 29.2 Å². The second kappa shape index (κ2) is 9.33. The molecule has 0 aliphatic rings. The van der Waals surface area contributed by atoms with Gasteiger partial charge >= 0.3 is 0 Å². The summed E-state index contributed by atoms with van der Waals surface area (Å²) in [5.41, 5.74) is 1.50. The Bertz CT molecular complexity index is 849. The number of benzene rings is 2. The molecule has 1 aromatic heterocycles. The molecule has 0 fully saturated rings. The highest BCUT2D eigenvalue weighted by Gasteiger charge is 2.21. The van der Waals surface area contributed by atoms with Crippen LogP contribution in [0.25, 0.3) is 10.2 Å². The van der Waals surface area contributed by atoms with Gasteiger partial charge in [0, 0.05) is 17.1 Å². The third-order valence-corrected chi connectivity index (χ3v) is 5.11. The second-order valence-electron chi connectivity index (χ2n) is 6.09. The van der Waals surface area contributed by atoms with Crippen LogP contribution >= 0.6 is 35.3 Å². The predicted octanol–water partition coefficient (Wildman–Crippen LogP) is 4.97. The number of nitrogens with zero attached hydrogens (tertiary/aromatic N) is 3. The highest BCUT2D eigenvalue weighted by Crippen LogP contribution is 2.30. The van der Waals surface area contributed by atoms with E-state index in [9.17, 15) is 4.79 Å². The van der Waals surface area contributed by atoms with E-state index in [2.05, 4.69) is 9.88 Å². The van der Waals surface area contributed by atoms with Crippen molar-refractivity contribution in [3.05, 3.63) is 59.1 Å². The number of halogens is 2. The molecule has 138 valence electrons. The van der Waals surface area contributed by atoms with E-state index in [-0.39, 0.29) is 18.3 Å². The molecule has 2 aromatic carbocycles. The Morgan fingerprint density at radius 1 is 1.12 bits per heavy atom. The number of hydrogen-bond donors (Lipinski definition) is 0. The maximum absolute atomic E-state index is 13.1. The number of para-hydroxylation sites is 1. The van der Waals surface area contributed by atoms with E-state index in [4.69, 9.17) is 11.6 Å². The zero-order valence-corrected chi connectivity index (χ0v) is 17.1. The van der Waals surface area contributed by atoms with Crippen molar-refractivity contribution in [2.45, 2.75) is 6.42 Å². The average molecular weight is 410 g/mol. The minimum absolute atomic E-state index is 0. The minimum atomic E-state index is -0.0692. The summed E-state index contributed by atoms with van der Waals surface area (Å²) in [4.78, 5) is 21.6. The first-order valence-corrected chi connectivity index (χ1v) is 9.32. The topological polar surface area (TPSA) is 36.4 Å². The van der Waals surface area contributed by atoms with Crippen molar-refractivity contribution >= 4 is 56.6 Å². The molecule has 0 aliphatic carbocycles. The lowest BCUT2D eigenvalue weighted by Crippen LogP contribution is -2.33. The minimum Gasteiger partial charge on any atom is -0.309 e. The van der Waals surface area contributed by atoms with Crippen LogP contribution in [-0.2, 0) is 0 Å². The second-order valence-corrected chi connectivity index (χ2v) is 7.53. The maximum Gasteiger partial charge on any atom is 0.260 e. The van der Waals surface area contributed by atoms with Gasteiger partial charge in [-0.2, -0.15) is 0 Å². The van der Waals surface area contributed by atoms with Gasteiger partial charge in [0.05, 0.1) is 10.2 Å². The Labute approximate surface area is 168 Å². The van der Waals surface area contributed by atoms with Crippen LogP contribution in [0.15, 0.2) is 48.5 Å². The molecule has 1 amide bonds. The SMILES string of the molecule is CN(C)CCCN(C(=O)c1cccc(Cl)c1)c1nc2ccccc2s1.Cl. The van der Waals surface area contributed by atoms with E-state index in [1.165, 1.54) is 11.3 Å². The third kappa shape index (κ3) is 4.95. The van der Waals surface area contributed by atoms with E-state index in [1.807, 2.05) is 38.4 Å². The largest absolute Gasteiger partial charge is 0.309 e. The average Bonchev–Trinajstić information content (AvgIpc) is 3.01. The Morgan fingerprint density at radius 3 is 2.58 bits per heavy atom. The quantitative estimate of drug-likeness (QED) is 0.576. The molecule has 3 aromatic rings. The van der Waals surface area contributed by atoms with E-state index < -0.39 is 0 Å². The molecule has 0 atom stereocenters. The lowest BCUT2D eigenvalue weighted by atomic mass is 10.2. The van der Waals surface area contributed by atoms with E-state index in [0.717, 1.165) is 28.3 Å². The van der Waals surface area contributed by atoms with E-state index in [0.29, 0.717) is 17.1 Å². The molecule has 0 unspecified atom stereocenters. The first-order chi connectivity index (χ1) is 12.0. The van der Waals surface area contributed by atoms with Crippen molar-refractivity contribution in [3.8, 4) is 0 Å². The first kappa shape index (κ1) is 20.6. The smallest absolute Gasteiger partial charge is 0.260 e. The van der Waals surface area contributed by atoms with Crippen LogP contribution in [0.1, 0.15) is 16.8 Å². The van der Waals surface area contributed by atoms with Crippen molar-refractivity contribution in [2.75, 3.05) is 32.1 Å². The van der Waals surface area contributed by atoms with Crippen molar-refractivity contribution in [2.24, 2.45) is 0 Å². The molecule has 0 radical (unpaired) electrons. The van der Waals surface area contributed by atoms with Crippen molar-refractivity contribution in [1.29, 1.82) is 0 Å². The van der Waals surface area contributed by atoms with Gasteiger partial charge in [0.25, 0.3) is 5.91 Å². The Hall–Kier alpha value is -1.66. The molecule has 0 bridgehead atoms. The van der Waals surface area contributed by atoms with Gasteiger partial charge in [-0.05, 0) is 57.4 Å². The van der Waals surface area contributed by atoms with Crippen LogP contribution in [-0.4, -0.2) is 43.0 Å². The van der Waals surface area contributed by atoms with Crippen LogP contribution in [0.2, 0.25) is 5.02 Å². The van der Waals surface area contributed by atoms with Crippen LogP contribution in [0.4, 0.5) is 5.13 Å². The first-order valence-electron chi connectivity index (χ1n) is 8.12. The van der Waals surface area contributed by atoms with Gasteiger partial charge in [0.2, 0.25) is 0 Å². The normalized spacial score (nSPS) is 10.8. The number of hydrogen-bond acceptors (Lipinski definition) is 4.